The van der Waals surface area contributed by atoms with E-state index in [2.05, 4.69) is 25.3 Å². The normalized spacial score (nSPS) is 15.8. The Balaban J connectivity index is 5.08. The number of phosphoric acid groups is 2. The zero-order valence-electron chi connectivity index (χ0n) is 19.0. The first-order valence-corrected chi connectivity index (χ1v) is 14.0. The Labute approximate surface area is 181 Å². The lowest BCUT2D eigenvalue weighted by Crippen LogP contribution is -2.31. The summed E-state index contributed by atoms with van der Waals surface area (Å²) >= 11 is 0. The zero-order valence-corrected chi connectivity index (χ0v) is 20.7. The van der Waals surface area contributed by atoms with Crippen molar-refractivity contribution >= 4 is 15.6 Å². The lowest BCUT2D eigenvalue weighted by Gasteiger charge is -2.34. The van der Waals surface area contributed by atoms with E-state index in [-0.39, 0.29) is 18.6 Å². The molecular formula is C19H42O9P2. The van der Waals surface area contributed by atoms with Crippen LogP contribution in [0.2, 0.25) is 0 Å². The Morgan fingerprint density at radius 3 is 1.70 bits per heavy atom. The molecule has 2 atom stereocenters. The number of hydrogen-bond acceptors (Lipinski definition) is 6. The van der Waals surface area contributed by atoms with Gasteiger partial charge in [0, 0.05) is 0 Å². The van der Waals surface area contributed by atoms with Crippen LogP contribution in [0.1, 0.15) is 85.5 Å². The van der Waals surface area contributed by atoms with Crippen LogP contribution in [0, 0.1) is 5.41 Å². The van der Waals surface area contributed by atoms with Gasteiger partial charge in [-0.1, -0.05) is 59.3 Å². The lowest BCUT2D eigenvalue weighted by atomic mass is 9.75. The van der Waals surface area contributed by atoms with Crippen molar-refractivity contribution in [1.29, 1.82) is 0 Å². The van der Waals surface area contributed by atoms with Crippen molar-refractivity contribution in [2.75, 3.05) is 26.4 Å². The molecule has 182 valence electrons. The molecule has 0 fully saturated rings. The Kier molecular flexibility index (Phi) is 16.0. The van der Waals surface area contributed by atoms with Gasteiger partial charge in [0.05, 0.1) is 26.4 Å². The van der Waals surface area contributed by atoms with Gasteiger partial charge in [0.25, 0.3) is 0 Å². The van der Waals surface area contributed by atoms with Crippen molar-refractivity contribution < 1.29 is 42.1 Å². The Morgan fingerprint density at radius 2 is 1.30 bits per heavy atom. The minimum atomic E-state index is -4.82. The Morgan fingerprint density at radius 1 is 0.800 bits per heavy atom. The van der Waals surface area contributed by atoms with Crippen LogP contribution >= 0.6 is 15.6 Å². The Hall–Kier alpha value is 0.180. The number of unbranched alkanes of at least 4 members (excludes halogenated alkanes) is 3. The van der Waals surface area contributed by atoms with Gasteiger partial charge in [-0.2, -0.15) is 0 Å². The molecule has 0 saturated carbocycles. The van der Waals surface area contributed by atoms with Gasteiger partial charge in [-0.25, -0.2) is 9.13 Å². The topological polar surface area (TPSA) is 132 Å². The first kappa shape index (κ1) is 30.2. The molecule has 0 amide bonds. The molecule has 0 aliphatic carbocycles. The third-order valence-corrected chi connectivity index (χ3v) is 6.53. The lowest BCUT2D eigenvalue weighted by molar-refractivity contribution is -0.0339. The Bertz CT molecular complexity index is 502. The van der Waals surface area contributed by atoms with Crippen molar-refractivity contribution in [3.63, 3.8) is 0 Å². The summed E-state index contributed by atoms with van der Waals surface area (Å²) in [4.78, 5) is 27.8. The van der Waals surface area contributed by atoms with Crippen LogP contribution in [-0.2, 0) is 27.4 Å². The van der Waals surface area contributed by atoms with Crippen molar-refractivity contribution in [2.45, 2.75) is 91.6 Å². The van der Waals surface area contributed by atoms with E-state index in [1.54, 1.807) is 0 Å². The highest BCUT2D eigenvalue weighted by Crippen LogP contribution is 2.44. The van der Waals surface area contributed by atoms with Gasteiger partial charge in [0.2, 0.25) is 0 Å². The molecule has 0 aromatic carbocycles. The molecule has 11 heteroatoms. The number of rotatable bonds is 20. The maximum atomic E-state index is 11.7. The second-order valence-corrected chi connectivity index (χ2v) is 10.4. The van der Waals surface area contributed by atoms with Gasteiger partial charge in [-0.05, 0) is 31.6 Å². The standard InChI is InChI=1S/C19H42O9P2/c1-5-9-12-19(13-10-6-2,14-11-7-3)17-25-15-18(28-29(20,21)22)16-27-30(23,24)26-8-4/h18H,5-17H2,1-4H3,(H,23,24)(H2,20,21,22). The van der Waals surface area contributed by atoms with Gasteiger partial charge in [-0.3, -0.25) is 13.6 Å². The van der Waals surface area contributed by atoms with Crippen LogP contribution in [0.25, 0.3) is 0 Å². The van der Waals surface area contributed by atoms with E-state index in [0.29, 0.717) is 6.61 Å². The fourth-order valence-corrected chi connectivity index (χ4v) is 4.60. The van der Waals surface area contributed by atoms with E-state index in [1.807, 2.05) is 0 Å². The largest absolute Gasteiger partial charge is 0.472 e. The minimum absolute atomic E-state index is 0.00710. The molecule has 0 aromatic rings. The third-order valence-electron chi connectivity index (χ3n) is 4.90. The quantitative estimate of drug-likeness (QED) is 0.203. The van der Waals surface area contributed by atoms with E-state index >= 15 is 0 Å². The molecular weight excluding hydrogens is 434 g/mol. The van der Waals surface area contributed by atoms with Crippen molar-refractivity contribution in [2.24, 2.45) is 5.41 Å². The van der Waals surface area contributed by atoms with Crippen LogP contribution in [0.3, 0.4) is 0 Å². The monoisotopic (exact) mass is 476 g/mol. The maximum absolute atomic E-state index is 11.7. The van der Waals surface area contributed by atoms with E-state index in [0.717, 1.165) is 57.8 Å². The van der Waals surface area contributed by atoms with E-state index in [4.69, 9.17) is 23.6 Å². The molecule has 9 nitrogen and oxygen atoms in total. The molecule has 0 aliphatic heterocycles. The predicted molar refractivity (Wildman–Crippen MR) is 116 cm³/mol. The van der Waals surface area contributed by atoms with E-state index in [1.165, 1.54) is 6.92 Å². The highest BCUT2D eigenvalue weighted by atomic mass is 31.2. The first-order chi connectivity index (χ1) is 14.0. The molecule has 0 bridgehead atoms. The second kappa shape index (κ2) is 15.9. The maximum Gasteiger partial charge on any atom is 0.472 e. The smallest absolute Gasteiger partial charge is 0.378 e. The molecule has 0 radical (unpaired) electrons. The molecule has 0 spiro atoms. The summed E-state index contributed by atoms with van der Waals surface area (Å²) in [5, 5.41) is 0. The first-order valence-electron chi connectivity index (χ1n) is 11.0. The van der Waals surface area contributed by atoms with Gasteiger partial charge >= 0.3 is 15.6 Å². The minimum Gasteiger partial charge on any atom is -0.378 e. The van der Waals surface area contributed by atoms with E-state index < -0.39 is 28.4 Å². The van der Waals surface area contributed by atoms with Gasteiger partial charge in [0.1, 0.15) is 6.10 Å². The summed E-state index contributed by atoms with van der Waals surface area (Å²) in [7, 11) is -9.13. The molecule has 0 rings (SSSR count). The molecule has 0 aromatic heterocycles. The summed E-state index contributed by atoms with van der Waals surface area (Å²) in [5.74, 6) is 0. The van der Waals surface area contributed by atoms with Crippen molar-refractivity contribution in [1.82, 2.24) is 0 Å². The van der Waals surface area contributed by atoms with Crippen LogP contribution in [0.5, 0.6) is 0 Å². The fraction of sp³-hybridized carbons (Fsp3) is 1.00. The third kappa shape index (κ3) is 15.1. The zero-order chi connectivity index (χ0) is 23.1. The molecule has 0 aliphatic rings. The molecule has 3 N–H and O–H groups in total. The highest BCUT2D eigenvalue weighted by Gasteiger charge is 2.31. The van der Waals surface area contributed by atoms with Crippen LogP contribution in [0.15, 0.2) is 0 Å². The summed E-state index contributed by atoms with van der Waals surface area (Å²) in [6.07, 6.45) is 8.40. The van der Waals surface area contributed by atoms with Crippen molar-refractivity contribution in [3.05, 3.63) is 0 Å². The number of phosphoric ester groups is 2. The average molecular weight is 476 g/mol. The van der Waals surface area contributed by atoms with Crippen molar-refractivity contribution in [3.8, 4) is 0 Å². The summed E-state index contributed by atoms with van der Waals surface area (Å²) in [6.45, 7) is 7.68. The van der Waals surface area contributed by atoms with Crippen LogP contribution < -0.4 is 0 Å². The SMILES string of the molecule is CCCCC(CCCC)(CCCC)COCC(COP(=O)(O)OCC)OP(=O)(O)O. The molecule has 0 heterocycles. The summed E-state index contributed by atoms with van der Waals surface area (Å²) in [6, 6.07) is 0. The fourth-order valence-electron chi connectivity index (χ4n) is 3.33. The van der Waals surface area contributed by atoms with Gasteiger partial charge in [-0.15, -0.1) is 0 Å². The summed E-state index contributed by atoms with van der Waals surface area (Å²) in [5.41, 5.74) is 0.00710. The second-order valence-electron chi connectivity index (χ2n) is 7.73. The predicted octanol–water partition coefficient (Wildman–Crippen LogP) is 5.19. The summed E-state index contributed by atoms with van der Waals surface area (Å²) < 4.78 is 42.9. The van der Waals surface area contributed by atoms with Crippen LogP contribution in [-0.4, -0.2) is 47.2 Å². The van der Waals surface area contributed by atoms with E-state index in [9.17, 15) is 14.0 Å². The molecule has 30 heavy (non-hydrogen) atoms. The molecule has 0 saturated heterocycles. The number of hydrogen-bond donors (Lipinski definition) is 3. The van der Waals surface area contributed by atoms with Crippen LogP contribution in [0.4, 0.5) is 0 Å². The van der Waals surface area contributed by atoms with Gasteiger partial charge in [0.15, 0.2) is 0 Å². The highest BCUT2D eigenvalue weighted by molar-refractivity contribution is 7.47. The molecule has 2 unspecified atom stereocenters. The average Bonchev–Trinajstić information content (AvgIpc) is 2.65. The van der Waals surface area contributed by atoms with Gasteiger partial charge < -0.3 is 19.4 Å². The number of ether oxygens (including phenoxy) is 1.